The van der Waals surface area contributed by atoms with Gasteiger partial charge in [-0.25, -0.2) is 25.9 Å². The van der Waals surface area contributed by atoms with E-state index in [-0.39, 0.29) is 46.0 Å². The molecule has 0 bridgehead atoms. The summed E-state index contributed by atoms with van der Waals surface area (Å²) < 4.78 is 112. The number of sulfonamides is 1. The molecule has 3 aromatic rings. The Labute approximate surface area is 297 Å². The summed E-state index contributed by atoms with van der Waals surface area (Å²) in [5.74, 6) is 3.51. The Balaban J connectivity index is 1.34. The number of anilines is 2. The fourth-order valence-corrected chi connectivity index (χ4v) is 9.74. The fourth-order valence-electron chi connectivity index (χ4n) is 6.27. The highest BCUT2D eigenvalue weighted by Crippen LogP contribution is 2.40. The van der Waals surface area contributed by atoms with Gasteiger partial charge < -0.3 is 15.4 Å². The Kier molecular flexibility index (Phi) is 11.7. The van der Waals surface area contributed by atoms with Gasteiger partial charge in [0.1, 0.15) is 22.5 Å². The van der Waals surface area contributed by atoms with Crippen molar-refractivity contribution >= 4 is 58.6 Å². The van der Waals surface area contributed by atoms with Gasteiger partial charge in [-0.05, 0) is 42.7 Å². The van der Waals surface area contributed by atoms with Gasteiger partial charge in [0.15, 0.2) is 16.4 Å². The maximum Gasteiger partial charge on any atom is 0.393 e. The summed E-state index contributed by atoms with van der Waals surface area (Å²) in [6.07, 6.45) is -2.31. The molecule has 0 unspecified atom stereocenters. The zero-order valence-electron chi connectivity index (χ0n) is 27.4. The van der Waals surface area contributed by atoms with Crippen molar-refractivity contribution in [1.29, 1.82) is 5.26 Å². The number of nitriles is 1. The van der Waals surface area contributed by atoms with Gasteiger partial charge >= 0.3 is 6.18 Å². The second-order valence-corrected chi connectivity index (χ2v) is 17.2. The molecule has 2 heterocycles. The molecule has 3 N–H and O–H groups in total. The number of hydrogen-bond donors (Lipinski definition) is 3. The molecule has 274 valence electrons. The summed E-state index contributed by atoms with van der Waals surface area (Å²) in [5.41, 5.74) is 0.653. The number of alkyl halides is 3. The van der Waals surface area contributed by atoms with Gasteiger partial charge in [-0.15, -0.1) is 11.3 Å². The maximum atomic E-state index is 14.9. The number of fused-ring (bicyclic) bond motifs is 1. The van der Waals surface area contributed by atoms with Crippen LogP contribution in [-0.2, 0) is 31.1 Å². The molecule has 1 amide bonds. The Morgan fingerprint density at radius 2 is 1.82 bits per heavy atom. The van der Waals surface area contributed by atoms with Crippen LogP contribution in [-0.4, -0.2) is 83.6 Å². The first-order valence-electron chi connectivity index (χ1n) is 16.0. The lowest BCUT2D eigenvalue weighted by molar-refractivity contribution is -0.127. The van der Waals surface area contributed by atoms with Crippen molar-refractivity contribution < 1.29 is 43.9 Å². The summed E-state index contributed by atoms with van der Waals surface area (Å²) in [7, 11) is -7.55. The third kappa shape index (κ3) is 9.82. The highest BCUT2D eigenvalue weighted by Gasteiger charge is 2.33. The number of amides is 1. The van der Waals surface area contributed by atoms with Gasteiger partial charge in [0.2, 0.25) is 5.91 Å². The average Bonchev–Trinajstić information content (AvgIpc) is 3.38. The first kappa shape index (κ1) is 38.1. The van der Waals surface area contributed by atoms with Gasteiger partial charge in [0.25, 0.3) is 10.0 Å². The number of carbonyl (C=O) groups is 1. The molecular weight excluding hydrogens is 735 g/mol. The second kappa shape index (κ2) is 15.6. The van der Waals surface area contributed by atoms with Gasteiger partial charge in [0.05, 0.1) is 45.4 Å². The lowest BCUT2D eigenvalue weighted by atomic mass is 9.90. The number of benzene rings is 2. The van der Waals surface area contributed by atoms with E-state index in [1.54, 1.807) is 22.9 Å². The van der Waals surface area contributed by atoms with Crippen molar-refractivity contribution in [1.82, 2.24) is 9.62 Å². The molecule has 1 aliphatic carbocycles. The number of nitrogens with zero attached hydrogens (tertiary/aromatic N) is 2. The minimum absolute atomic E-state index is 0.0269. The molecule has 1 saturated heterocycles. The van der Waals surface area contributed by atoms with Crippen molar-refractivity contribution in [2.45, 2.75) is 62.2 Å². The zero-order valence-corrected chi connectivity index (χ0v) is 29.8. The summed E-state index contributed by atoms with van der Waals surface area (Å²) in [6, 6.07) is 8.85. The highest BCUT2D eigenvalue weighted by atomic mass is 32.2. The van der Waals surface area contributed by atoms with E-state index in [0.717, 1.165) is 56.1 Å². The van der Waals surface area contributed by atoms with Crippen LogP contribution in [0.15, 0.2) is 35.2 Å². The van der Waals surface area contributed by atoms with Gasteiger partial charge in [-0.1, -0.05) is 24.0 Å². The zero-order chi connectivity index (χ0) is 37.0. The van der Waals surface area contributed by atoms with Gasteiger partial charge in [0, 0.05) is 44.2 Å². The normalized spacial score (nSPS) is 19.4. The number of ether oxygens (including phenoxy) is 1. The van der Waals surface area contributed by atoms with E-state index in [1.807, 2.05) is 6.07 Å². The molecule has 2 fully saturated rings. The fraction of sp³-hybridized carbons (Fsp3) is 0.455. The van der Waals surface area contributed by atoms with Crippen LogP contribution < -0.4 is 20.1 Å². The molecule has 0 atom stereocenters. The van der Waals surface area contributed by atoms with Crippen molar-refractivity contribution in [3.8, 4) is 23.7 Å². The number of halogens is 4. The summed E-state index contributed by atoms with van der Waals surface area (Å²) >= 11 is 1.12. The summed E-state index contributed by atoms with van der Waals surface area (Å²) in [6.45, 7) is 1.27. The van der Waals surface area contributed by atoms with E-state index >= 15 is 0 Å². The Morgan fingerprint density at radius 1 is 1.12 bits per heavy atom. The van der Waals surface area contributed by atoms with Gasteiger partial charge in [-0.3, -0.25) is 9.69 Å². The van der Waals surface area contributed by atoms with E-state index in [4.69, 9.17) is 10.00 Å². The second-order valence-electron chi connectivity index (χ2n) is 12.3. The van der Waals surface area contributed by atoms with E-state index < -0.39 is 55.7 Å². The largest absolute Gasteiger partial charge is 0.477 e. The number of thiophene rings is 1. The average molecular weight is 770 g/mol. The summed E-state index contributed by atoms with van der Waals surface area (Å²) in [4.78, 5) is 12.9. The molecule has 51 heavy (non-hydrogen) atoms. The third-order valence-corrected chi connectivity index (χ3v) is 12.9. The first-order chi connectivity index (χ1) is 24.0. The van der Waals surface area contributed by atoms with Crippen molar-refractivity contribution in [3.63, 3.8) is 0 Å². The SMILES string of the molecule is CC(=O)NS(=O)(=O)c1cc(OCC#N)c(NCC#Cc2sc3c(NC4CCC(N5CCS(=O)(=O)CC5)CC4)cccc3c2CC(F)(F)F)cc1F. The molecule has 1 aliphatic heterocycles. The standard InChI is InChI=1S/C33H35F4N5O6S3/c1-21(43)41-51(46,47)31-19-29(48-15-11-38)28(18-26(31)34)39-12-3-6-30-25(20-33(35,36)37)24-4-2-5-27(32(24)49-30)40-22-7-9-23(10-8-22)42-13-16-50(44,45)17-14-42/h2,4-5,18-19,22-23,39-40H,7-10,12-17,20H2,1H3,(H,41,43). The Bertz CT molecular complexity index is 2100. The molecule has 0 spiro atoms. The third-order valence-electron chi connectivity index (χ3n) is 8.61. The number of carbonyl (C=O) groups excluding carboxylic acids is 1. The van der Waals surface area contributed by atoms with Crippen LogP contribution in [0.5, 0.6) is 5.75 Å². The minimum Gasteiger partial charge on any atom is -0.477 e. The van der Waals surface area contributed by atoms with Crippen LogP contribution in [0.2, 0.25) is 0 Å². The smallest absolute Gasteiger partial charge is 0.393 e. The van der Waals surface area contributed by atoms with Crippen LogP contribution in [0.25, 0.3) is 10.1 Å². The number of nitrogens with one attached hydrogen (secondary N) is 3. The summed E-state index contributed by atoms with van der Waals surface area (Å²) in [5, 5.41) is 15.6. The Morgan fingerprint density at radius 3 is 2.47 bits per heavy atom. The van der Waals surface area contributed by atoms with Crippen LogP contribution >= 0.6 is 11.3 Å². The number of hydrogen-bond acceptors (Lipinski definition) is 11. The predicted octanol–water partition coefficient (Wildman–Crippen LogP) is 4.79. The molecule has 0 radical (unpaired) electrons. The van der Waals surface area contributed by atoms with Crippen molar-refractivity contribution in [2.75, 3.05) is 48.4 Å². The quantitative estimate of drug-likeness (QED) is 0.194. The maximum absolute atomic E-state index is 14.9. The molecule has 11 nitrogen and oxygen atoms in total. The topological polar surface area (TPSA) is 158 Å². The van der Waals surface area contributed by atoms with Crippen molar-refractivity contribution in [3.05, 3.63) is 46.6 Å². The van der Waals surface area contributed by atoms with Crippen molar-refractivity contribution in [2.24, 2.45) is 0 Å². The minimum atomic E-state index is -4.58. The van der Waals surface area contributed by atoms with Crippen LogP contribution in [0.4, 0.5) is 28.9 Å². The van der Waals surface area contributed by atoms with Crippen LogP contribution in [0.1, 0.15) is 43.0 Å². The lowest BCUT2D eigenvalue weighted by Gasteiger charge is -2.39. The molecule has 1 aromatic heterocycles. The van der Waals surface area contributed by atoms with E-state index in [0.29, 0.717) is 34.9 Å². The molecule has 18 heteroatoms. The molecule has 2 aliphatic rings. The monoisotopic (exact) mass is 769 g/mol. The van der Waals surface area contributed by atoms with E-state index in [2.05, 4.69) is 27.4 Å². The first-order valence-corrected chi connectivity index (χ1v) is 20.1. The number of sulfone groups is 1. The highest BCUT2D eigenvalue weighted by molar-refractivity contribution is 7.91. The van der Waals surface area contributed by atoms with Gasteiger partial charge in [-0.2, -0.15) is 18.4 Å². The molecule has 5 rings (SSSR count). The van der Waals surface area contributed by atoms with Crippen LogP contribution in [0, 0.1) is 29.0 Å². The van der Waals surface area contributed by atoms with Crippen LogP contribution in [0.3, 0.4) is 0 Å². The lowest BCUT2D eigenvalue weighted by Crippen LogP contribution is -2.48. The van der Waals surface area contributed by atoms with E-state index in [1.165, 1.54) is 0 Å². The molecule has 2 aromatic carbocycles. The Hall–Kier alpha value is -4.10. The molecular formula is C33H35F4N5O6S3. The predicted molar refractivity (Wildman–Crippen MR) is 185 cm³/mol. The molecule has 1 saturated carbocycles. The van der Waals surface area contributed by atoms with E-state index in [9.17, 15) is 39.2 Å². The number of rotatable bonds is 10.